The number of rotatable bonds is 4. The van der Waals surface area contributed by atoms with E-state index < -0.39 is 5.91 Å². The molecule has 5 heteroatoms. The molecule has 5 nitrogen and oxygen atoms in total. The van der Waals surface area contributed by atoms with Crippen LogP contribution in [0.2, 0.25) is 0 Å². The van der Waals surface area contributed by atoms with Gasteiger partial charge in [-0.2, -0.15) is 0 Å². The van der Waals surface area contributed by atoms with E-state index >= 15 is 0 Å². The Morgan fingerprint density at radius 2 is 2.00 bits per heavy atom. The van der Waals surface area contributed by atoms with Gasteiger partial charge in [0, 0.05) is 6.54 Å². The summed E-state index contributed by atoms with van der Waals surface area (Å²) in [6.07, 6.45) is 2.37. The summed E-state index contributed by atoms with van der Waals surface area (Å²) in [5.41, 5.74) is 12.3. The van der Waals surface area contributed by atoms with Gasteiger partial charge in [-0.05, 0) is 12.0 Å². The molecule has 0 saturated heterocycles. The highest BCUT2D eigenvalue weighted by Gasteiger charge is 2.11. The molecule has 0 unspecified atom stereocenters. The number of anilines is 1. The minimum absolute atomic E-state index is 0.137. The Morgan fingerprint density at radius 3 is 2.59 bits per heavy atom. The molecule has 2 aromatic rings. The summed E-state index contributed by atoms with van der Waals surface area (Å²) >= 11 is 0. The zero-order valence-corrected chi connectivity index (χ0v) is 9.34. The Bertz CT molecular complexity index is 519. The fraction of sp³-hybridized carbons (Fsp3) is 0.167. The van der Waals surface area contributed by atoms with Gasteiger partial charge in [-0.3, -0.25) is 4.79 Å². The Kier molecular flexibility index (Phi) is 3.09. The third-order valence-electron chi connectivity index (χ3n) is 2.60. The van der Waals surface area contributed by atoms with Gasteiger partial charge in [0.15, 0.2) is 5.69 Å². The molecule has 0 bridgehead atoms. The monoisotopic (exact) mass is 230 g/mol. The van der Waals surface area contributed by atoms with E-state index in [0.717, 1.165) is 6.42 Å². The number of aromatic nitrogens is 2. The van der Waals surface area contributed by atoms with Crippen molar-refractivity contribution in [2.75, 3.05) is 5.73 Å². The molecule has 0 fully saturated rings. The molecule has 0 aliphatic carbocycles. The van der Waals surface area contributed by atoms with Gasteiger partial charge in [0.1, 0.15) is 5.82 Å². The quantitative estimate of drug-likeness (QED) is 0.814. The number of hydrogen-bond donors (Lipinski definition) is 2. The molecule has 4 N–H and O–H groups in total. The third-order valence-corrected chi connectivity index (χ3v) is 2.60. The Balaban J connectivity index is 2.07. The molecule has 1 amide bonds. The molecule has 0 aliphatic heterocycles. The number of carbonyl (C=O) groups excluding carboxylic acids is 1. The van der Waals surface area contributed by atoms with Crippen LogP contribution < -0.4 is 11.5 Å². The van der Waals surface area contributed by atoms with Crippen LogP contribution in [0.1, 0.15) is 16.1 Å². The normalized spacial score (nSPS) is 10.4. The zero-order chi connectivity index (χ0) is 12.3. The van der Waals surface area contributed by atoms with E-state index in [4.69, 9.17) is 11.5 Å². The van der Waals surface area contributed by atoms with Crippen LogP contribution in [0.3, 0.4) is 0 Å². The van der Waals surface area contributed by atoms with Crippen LogP contribution in [0.25, 0.3) is 0 Å². The first-order valence-corrected chi connectivity index (χ1v) is 5.33. The summed E-state index contributed by atoms with van der Waals surface area (Å²) in [5.74, 6) is -0.269. The molecule has 2 rings (SSSR count). The molecular weight excluding hydrogens is 216 g/mol. The summed E-state index contributed by atoms with van der Waals surface area (Å²) in [4.78, 5) is 14.9. The van der Waals surface area contributed by atoms with Crippen molar-refractivity contribution in [1.29, 1.82) is 0 Å². The van der Waals surface area contributed by atoms with Gasteiger partial charge in [0.05, 0.1) is 6.33 Å². The van der Waals surface area contributed by atoms with E-state index in [1.807, 2.05) is 30.3 Å². The highest BCUT2D eigenvalue weighted by molar-refractivity contribution is 5.95. The maximum atomic E-state index is 11.0. The second kappa shape index (κ2) is 4.69. The molecule has 1 aromatic heterocycles. The van der Waals surface area contributed by atoms with Gasteiger partial charge in [0.2, 0.25) is 0 Å². The molecular formula is C12H14N4O. The molecule has 0 saturated carbocycles. The van der Waals surface area contributed by atoms with Gasteiger partial charge in [-0.1, -0.05) is 30.3 Å². The fourth-order valence-corrected chi connectivity index (χ4v) is 1.65. The summed E-state index contributed by atoms with van der Waals surface area (Å²) in [7, 11) is 0. The summed E-state index contributed by atoms with van der Waals surface area (Å²) in [6.45, 7) is 0.677. The van der Waals surface area contributed by atoms with Crippen LogP contribution in [0.15, 0.2) is 36.7 Å². The van der Waals surface area contributed by atoms with Crippen molar-refractivity contribution in [1.82, 2.24) is 9.55 Å². The molecule has 0 aliphatic rings. The maximum Gasteiger partial charge on any atom is 0.271 e. The first kappa shape index (κ1) is 11.2. The number of primary amides is 1. The fourth-order valence-electron chi connectivity index (χ4n) is 1.65. The predicted octanol–water partition coefficient (Wildman–Crippen LogP) is 0.807. The van der Waals surface area contributed by atoms with Crippen molar-refractivity contribution in [2.45, 2.75) is 13.0 Å². The smallest absolute Gasteiger partial charge is 0.271 e. The minimum Gasteiger partial charge on any atom is -0.383 e. The molecule has 0 atom stereocenters. The Hall–Kier alpha value is -2.30. The minimum atomic E-state index is -0.596. The van der Waals surface area contributed by atoms with Gasteiger partial charge in [-0.15, -0.1) is 0 Å². The summed E-state index contributed by atoms with van der Waals surface area (Å²) < 4.78 is 1.73. The summed E-state index contributed by atoms with van der Waals surface area (Å²) in [6, 6.07) is 10.0. The van der Waals surface area contributed by atoms with Crippen LogP contribution >= 0.6 is 0 Å². The van der Waals surface area contributed by atoms with E-state index in [-0.39, 0.29) is 5.69 Å². The van der Waals surface area contributed by atoms with Gasteiger partial charge in [-0.25, -0.2) is 4.98 Å². The first-order chi connectivity index (χ1) is 8.18. The number of imidazole rings is 1. The van der Waals surface area contributed by atoms with Crippen LogP contribution in [0.5, 0.6) is 0 Å². The molecule has 1 aromatic carbocycles. The standard InChI is InChI=1S/C12H14N4O/c13-11-10(12(14)17)15-8-16(11)7-6-9-4-2-1-3-5-9/h1-5,8H,6-7,13H2,(H2,14,17). The number of nitrogen functional groups attached to an aromatic ring is 1. The van der Waals surface area contributed by atoms with Crippen LogP contribution in [-0.2, 0) is 13.0 Å². The lowest BCUT2D eigenvalue weighted by atomic mass is 10.1. The zero-order valence-electron chi connectivity index (χ0n) is 9.34. The lowest BCUT2D eigenvalue weighted by Gasteiger charge is -2.05. The van der Waals surface area contributed by atoms with Gasteiger partial charge in [0.25, 0.3) is 5.91 Å². The van der Waals surface area contributed by atoms with Crippen molar-refractivity contribution >= 4 is 11.7 Å². The van der Waals surface area contributed by atoms with Crippen molar-refractivity contribution in [3.63, 3.8) is 0 Å². The van der Waals surface area contributed by atoms with E-state index in [9.17, 15) is 4.79 Å². The van der Waals surface area contributed by atoms with Crippen molar-refractivity contribution < 1.29 is 4.79 Å². The third kappa shape index (κ3) is 2.44. The molecule has 88 valence electrons. The predicted molar refractivity (Wildman–Crippen MR) is 65.3 cm³/mol. The van der Waals surface area contributed by atoms with Crippen LogP contribution in [-0.4, -0.2) is 15.5 Å². The van der Waals surface area contributed by atoms with Gasteiger partial charge < -0.3 is 16.0 Å². The summed E-state index contributed by atoms with van der Waals surface area (Å²) in [5, 5.41) is 0. The number of amides is 1. The van der Waals surface area contributed by atoms with Crippen molar-refractivity contribution in [2.24, 2.45) is 5.73 Å². The number of hydrogen-bond acceptors (Lipinski definition) is 3. The molecule has 0 spiro atoms. The number of aryl methyl sites for hydroxylation is 2. The second-order valence-electron chi connectivity index (χ2n) is 3.77. The molecule has 0 radical (unpaired) electrons. The molecule has 17 heavy (non-hydrogen) atoms. The topological polar surface area (TPSA) is 86.9 Å². The number of nitrogens with zero attached hydrogens (tertiary/aromatic N) is 2. The van der Waals surface area contributed by atoms with E-state index in [1.165, 1.54) is 5.56 Å². The van der Waals surface area contributed by atoms with Crippen LogP contribution in [0.4, 0.5) is 5.82 Å². The Labute approximate surface area is 99.1 Å². The van der Waals surface area contributed by atoms with Gasteiger partial charge >= 0.3 is 0 Å². The van der Waals surface area contributed by atoms with Crippen molar-refractivity contribution in [3.05, 3.63) is 47.9 Å². The maximum absolute atomic E-state index is 11.0. The lowest BCUT2D eigenvalue weighted by Crippen LogP contribution is -2.15. The largest absolute Gasteiger partial charge is 0.383 e. The SMILES string of the molecule is NC(=O)c1ncn(CCc2ccccc2)c1N. The van der Waals surface area contributed by atoms with E-state index in [1.54, 1.807) is 10.9 Å². The Morgan fingerprint density at radius 1 is 1.29 bits per heavy atom. The molecule has 1 heterocycles. The van der Waals surface area contributed by atoms with E-state index in [0.29, 0.717) is 12.4 Å². The number of benzene rings is 1. The number of carbonyl (C=O) groups is 1. The second-order valence-corrected chi connectivity index (χ2v) is 3.77. The highest BCUT2D eigenvalue weighted by atomic mass is 16.1. The van der Waals surface area contributed by atoms with Crippen LogP contribution in [0, 0.1) is 0 Å². The first-order valence-electron chi connectivity index (χ1n) is 5.33. The average Bonchev–Trinajstić information content (AvgIpc) is 2.69. The van der Waals surface area contributed by atoms with E-state index in [2.05, 4.69) is 4.98 Å². The van der Waals surface area contributed by atoms with Crippen molar-refractivity contribution in [3.8, 4) is 0 Å². The lowest BCUT2D eigenvalue weighted by molar-refractivity contribution is 0.0997. The average molecular weight is 230 g/mol. The highest BCUT2D eigenvalue weighted by Crippen LogP contribution is 2.10. The number of nitrogens with two attached hydrogens (primary N) is 2.